The maximum absolute atomic E-state index is 12.4. The molecule has 2 heterocycles. The second-order valence-corrected chi connectivity index (χ2v) is 5.27. The third-order valence-corrected chi connectivity index (χ3v) is 3.61. The molecule has 0 bridgehead atoms. The Morgan fingerprint density at radius 1 is 1.45 bits per heavy atom. The van der Waals surface area contributed by atoms with Crippen LogP contribution in [0.2, 0.25) is 0 Å². The molecule has 116 valence electrons. The van der Waals surface area contributed by atoms with Crippen molar-refractivity contribution in [2.45, 2.75) is 19.1 Å². The molecule has 7 heteroatoms. The number of benzene rings is 1. The number of para-hydroxylation sites is 2. The van der Waals surface area contributed by atoms with Gasteiger partial charge in [0.15, 0.2) is 17.6 Å². The van der Waals surface area contributed by atoms with Crippen molar-refractivity contribution in [2.24, 2.45) is 0 Å². The van der Waals surface area contributed by atoms with Crippen LogP contribution in [-0.4, -0.2) is 51.9 Å². The Kier molecular flexibility index (Phi) is 3.95. The lowest BCUT2D eigenvalue weighted by Crippen LogP contribution is -2.43. The highest BCUT2D eigenvalue weighted by atomic mass is 16.6. The minimum atomic E-state index is -0.399. The molecule has 0 saturated carbocycles. The third-order valence-electron chi connectivity index (χ3n) is 3.61. The number of amides is 1. The molecule has 7 nitrogen and oxygen atoms in total. The Morgan fingerprint density at radius 3 is 2.95 bits per heavy atom. The lowest BCUT2D eigenvalue weighted by molar-refractivity contribution is -0.134. The minimum Gasteiger partial charge on any atom is -0.486 e. The van der Waals surface area contributed by atoms with E-state index in [9.17, 15) is 4.79 Å². The monoisotopic (exact) mass is 302 g/mol. The van der Waals surface area contributed by atoms with E-state index < -0.39 is 6.04 Å². The summed E-state index contributed by atoms with van der Waals surface area (Å²) in [5.41, 5.74) is 0. The smallest absolute Gasteiger partial charge is 0.247 e. The van der Waals surface area contributed by atoms with Crippen LogP contribution < -0.4 is 9.47 Å². The van der Waals surface area contributed by atoms with E-state index in [1.807, 2.05) is 24.3 Å². The predicted molar refractivity (Wildman–Crippen MR) is 78.7 cm³/mol. The van der Waals surface area contributed by atoms with Gasteiger partial charge in [-0.05, 0) is 19.1 Å². The van der Waals surface area contributed by atoms with Crippen molar-refractivity contribution in [3.8, 4) is 11.5 Å². The van der Waals surface area contributed by atoms with E-state index in [2.05, 4.69) is 10.1 Å². The van der Waals surface area contributed by atoms with Gasteiger partial charge in [-0.2, -0.15) is 5.10 Å². The molecule has 0 unspecified atom stereocenters. The van der Waals surface area contributed by atoms with Crippen LogP contribution in [0, 0.1) is 0 Å². The van der Waals surface area contributed by atoms with Gasteiger partial charge >= 0.3 is 0 Å². The zero-order valence-electron chi connectivity index (χ0n) is 12.5. The predicted octanol–water partition coefficient (Wildman–Crippen LogP) is 1.14. The van der Waals surface area contributed by atoms with Crippen molar-refractivity contribution in [2.75, 3.05) is 20.2 Å². The molecule has 0 spiro atoms. The molecule has 2 aromatic rings. The number of aromatic nitrogens is 3. The highest BCUT2D eigenvalue weighted by Crippen LogP contribution is 2.31. The number of likely N-dealkylation sites (N-methyl/N-ethyl adjacent to an activating group) is 1. The van der Waals surface area contributed by atoms with Crippen LogP contribution in [0.15, 0.2) is 36.9 Å². The van der Waals surface area contributed by atoms with Gasteiger partial charge in [0.05, 0.1) is 6.54 Å². The molecule has 0 fully saturated rings. The number of carbonyl (C=O) groups is 1. The fourth-order valence-corrected chi connectivity index (χ4v) is 2.40. The number of hydrogen-bond donors (Lipinski definition) is 0. The van der Waals surface area contributed by atoms with Gasteiger partial charge in [-0.1, -0.05) is 12.1 Å². The Morgan fingerprint density at radius 2 is 2.23 bits per heavy atom. The van der Waals surface area contributed by atoms with Crippen LogP contribution in [0.4, 0.5) is 0 Å². The van der Waals surface area contributed by atoms with Gasteiger partial charge in [0.1, 0.15) is 25.3 Å². The van der Waals surface area contributed by atoms with Crippen molar-refractivity contribution in [3.05, 3.63) is 36.9 Å². The van der Waals surface area contributed by atoms with Crippen LogP contribution in [0.3, 0.4) is 0 Å². The Labute approximate surface area is 128 Å². The molecule has 1 amide bonds. The van der Waals surface area contributed by atoms with Crippen molar-refractivity contribution in [1.82, 2.24) is 19.7 Å². The first-order valence-electron chi connectivity index (χ1n) is 7.12. The van der Waals surface area contributed by atoms with E-state index in [4.69, 9.17) is 9.47 Å². The van der Waals surface area contributed by atoms with Gasteiger partial charge in [0.25, 0.3) is 0 Å². The largest absolute Gasteiger partial charge is 0.486 e. The van der Waals surface area contributed by atoms with E-state index in [1.54, 1.807) is 18.9 Å². The number of hydrogen-bond acceptors (Lipinski definition) is 5. The molecular formula is C15H18N4O3. The molecule has 0 saturated heterocycles. The van der Waals surface area contributed by atoms with Gasteiger partial charge in [0.2, 0.25) is 5.91 Å². The summed E-state index contributed by atoms with van der Waals surface area (Å²) in [4.78, 5) is 17.9. The fourth-order valence-electron chi connectivity index (χ4n) is 2.40. The molecule has 1 aromatic heterocycles. The van der Waals surface area contributed by atoms with Gasteiger partial charge in [-0.3, -0.25) is 4.79 Å². The first-order chi connectivity index (χ1) is 10.6. The zero-order valence-corrected chi connectivity index (χ0v) is 12.5. The molecule has 22 heavy (non-hydrogen) atoms. The molecule has 1 aliphatic rings. The van der Waals surface area contributed by atoms with Gasteiger partial charge < -0.3 is 14.4 Å². The Bertz CT molecular complexity index is 644. The summed E-state index contributed by atoms with van der Waals surface area (Å²) in [6, 6.07) is 7.13. The van der Waals surface area contributed by atoms with Gasteiger partial charge in [-0.15, -0.1) is 0 Å². The van der Waals surface area contributed by atoms with Crippen LogP contribution in [0.25, 0.3) is 0 Å². The summed E-state index contributed by atoms with van der Waals surface area (Å²) in [6.45, 7) is 2.67. The summed E-state index contributed by atoms with van der Waals surface area (Å²) in [5.74, 6) is 1.40. The SMILES string of the molecule is C[C@H](C(=O)N(C)C[C@@H]1COc2ccccc2O1)n1cncn1. The van der Waals surface area contributed by atoms with E-state index in [-0.39, 0.29) is 12.0 Å². The zero-order chi connectivity index (χ0) is 15.5. The summed E-state index contributed by atoms with van der Waals surface area (Å²) >= 11 is 0. The van der Waals surface area contributed by atoms with E-state index in [1.165, 1.54) is 17.3 Å². The van der Waals surface area contributed by atoms with E-state index >= 15 is 0 Å². The van der Waals surface area contributed by atoms with Crippen LogP contribution in [-0.2, 0) is 4.79 Å². The van der Waals surface area contributed by atoms with E-state index in [0.29, 0.717) is 18.9 Å². The van der Waals surface area contributed by atoms with Crippen LogP contribution in [0.5, 0.6) is 11.5 Å². The van der Waals surface area contributed by atoms with Gasteiger partial charge in [0, 0.05) is 7.05 Å². The summed E-state index contributed by atoms with van der Waals surface area (Å²) in [7, 11) is 1.75. The average Bonchev–Trinajstić information content (AvgIpc) is 3.07. The first-order valence-corrected chi connectivity index (χ1v) is 7.12. The molecule has 3 rings (SSSR count). The van der Waals surface area contributed by atoms with Crippen molar-refractivity contribution >= 4 is 5.91 Å². The number of fused-ring (bicyclic) bond motifs is 1. The minimum absolute atomic E-state index is 0.0482. The second-order valence-electron chi connectivity index (χ2n) is 5.27. The molecule has 1 aliphatic heterocycles. The summed E-state index contributed by atoms with van der Waals surface area (Å²) < 4.78 is 13.1. The van der Waals surface area contributed by atoms with Gasteiger partial charge in [-0.25, -0.2) is 9.67 Å². The highest BCUT2D eigenvalue weighted by Gasteiger charge is 2.26. The van der Waals surface area contributed by atoms with E-state index in [0.717, 1.165) is 5.75 Å². The Hall–Kier alpha value is -2.57. The van der Waals surface area contributed by atoms with Crippen LogP contribution in [0.1, 0.15) is 13.0 Å². The summed E-state index contributed by atoms with van der Waals surface area (Å²) in [6.07, 6.45) is 2.76. The molecule has 0 aliphatic carbocycles. The molecular weight excluding hydrogens is 284 g/mol. The maximum atomic E-state index is 12.4. The topological polar surface area (TPSA) is 69.5 Å². The number of carbonyl (C=O) groups excluding carboxylic acids is 1. The maximum Gasteiger partial charge on any atom is 0.247 e. The molecule has 0 radical (unpaired) electrons. The van der Waals surface area contributed by atoms with Crippen molar-refractivity contribution < 1.29 is 14.3 Å². The normalized spacial score (nSPS) is 17.8. The molecule has 0 N–H and O–H groups in total. The molecule has 2 atom stereocenters. The second kappa shape index (κ2) is 6.05. The lowest BCUT2D eigenvalue weighted by Gasteiger charge is -2.30. The summed E-state index contributed by atoms with van der Waals surface area (Å²) in [5, 5.41) is 4.00. The number of nitrogens with zero attached hydrogens (tertiary/aromatic N) is 4. The molecule has 1 aromatic carbocycles. The number of ether oxygens (including phenoxy) is 2. The van der Waals surface area contributed by atoms with Crippen molar-refractivity contribution in [1.29, 1.82) is 0 Å². The first kappa shape index (κ1) is 14.4. The third kappa shape index (κ3) is 2.88. The fraction of sp³-hybridized carbons (Fsp3) is 0.400. The highest BCUT2D eigenvalue weighted by molar-refractivity contribution is 5.79. The van der Waals surface area contributed by atoms with Crippen LogP contribution >= 0.6 is 0 Å². The van der Waals surface area contributed by atoms with Crippen molar-refractivity contribution in [3.63, 3.8) is 0 Å². The Balaban J connectivity index is 1.60. The standard InChI is InChI=1S/C15H18N4O3/c1-11(19-10-16-9-17-19)15(20)18(2)7-12-8-21-13-5-3-4-6-14(13)22-12/h3-6,9-12H,7-8H2,1-2H3/t11-,12-/m1/s1. The number of rotatable bonds is 4. The quantitative estimate of drug-likeness (QED) is 0.847. The lowest BCUT2D eigenvalue weighted by atomic mass is 10.2. The average molecular weight is 302 g/mol.